The summed E-state index contributed by atoms with van der Waals surface area (Å²) in [6.07, 6.45) is 3.43. The van der Waals surface area contributed by atoms with E-state index >= 15 is 0 Å². The van der Waals surface area contributed by atoms with Crippen LogP contribution < -0.4 is 0 Å². The SMILES string of the molecule is CCC[C@H]1CC[C@H](c2ccc(C(F)(F)OCCc3cc(F)c(C#N)c(F)c3)cc2)CC1. The van der Waals surface area contributed by atoms with E-state index in [1.807, 2.05) is 0 Å². The van der Waals surface area contributed by atoms with Gasteiger partial charge in [-0.3, -0.25) is 0 Å². The fraction of sp³-hybridized carbons (Fsp3) is 0.480. The molecule has 31 heavy (non-hydrogen) atoms. The van der Waals surface area contributed by atoms with Gasteiger partial charge in [-0.2, -0.15) is 14.0 Å². The predicted molar refractivity (Wildman–Crippen MR) is 111 cm³/mol. The van der Waals surface area contributed by atoms with E-state index in [2.05, 4.69) is 6.92 Å². The highest BCUT2D eigenvalue weighted by molar-refractivity contribution is 5.35. The molecule has 0 aromatic heterocycles. The number of benzene rings is 2. The quantitative estimate of drug-likeness (QED) is 0.412. The van der Waals surface area contributed by atoms with Crippen LogP contribution in [0.2, 0.25) is 0 Å². The summed E-state index contributed by atoms with van der Waals surface area (Å²) in [5, 5.41) is 8.68. The molecule has 166 valence electrons. The maximum Gasteiger partial charge on any atom is 0.383 e. The van der Waals surface area contributed by atoms with Crippen molar-refractivity contribution in [2.75, 3.05) is 6.61 Å². The molecule has 3 rings (SSSR count). The average molecular weight is 433 g/mol. The van der Waals surface area contributed by atoms with Gasteiger partial charge in [-0.05, 0) is 67.2 Å². The molecule has 1 aliphatic carbocycles. The van der Waals surface area contributed by atoms with Gasteiger partial charge in [-0.15, -0.1) is 0 Å². The van der Waals surface area contributed by atoms with Crippen LogP contribution in [-0.4, -0.2) is 6.61 Å². The molecule has 2 nitrogen and oxygen atoms in total. The Morgan fingerprint density at radius 1 is 1.03 bits per heavy atom. The van der Waals surface area contributed by atoms with Crippen molar-refractivity contribution in [3.63, 3.8) is 0 Å². The van der Waals surface area contributed by atoms with Gasteiger partial charge in [0, 0.05) is 0 Å². The number of ether oxygens (including phenoxy) is 1. The van der Waals surface area contributed by atoms with E-state index in [0.29, 0.717) is 5.92 Å². The molecule has 0 unspecified atom stereocenters. The highest BCUT2D eigenvalue weighted by Crippen LogP contribution is 2.38. The lowest BCUT2D eigenvalue weighted by molar-refractivity contribution is -0.248. The topological polar surface area (TPSA) is 33.0 Å². The molecule has 0 atom stereocenters. The number of rotatable bonds is 8. The second-order valence-corrected chi connectivity index (χ2v) is 8.29. The van der Waals surface area contributed by atoms with Crippen LogP contribution in [0.15, 0.2) is 36.4 Å². The van der Waals surface area contributed by atoms with Gasteiger partial charge in [0.25, 0.3) is 0 Å². The van der Waals surface area contributed by atoms with Crippen molar-refractivity contribution in [2.45, 2.75) is 63.9 Å². The van der Waals surface area contributed by atoms with Gasteiger partial charge in [0.2, 0.25) is 0 Å². The van der Waals surface area contributed by atoms with Crippen molar-refractivity contribution < 1.29 is 22.3 Å². The van der Waals surface area contributed by atoms with Crippen molar-refractivity contribution in [3.05, 3.63) is 70.3 Å². The van der Waals surface area contributed by atoms with Crippen molar-refractivity contribution in [1.82, 2.24) is 0 Å². The average Bonchev–Trinajstić information content (AvgIpc) is 2.74. The Morgan fingerprint density at radius 3 is 2.19 bits per heavy atom. The van der Waals surface area contributed by atoms with Crippen LogP contribution in [0.3, 0.4) is 0 Å². The van der Waals surface area contributed by atoms with Crippen LogP contribution >= 0.6 is 0 Å². The molecule has 2 aromatic carbocycles. The van der Waals surface area contributed by atoms with Crippen LogP contribution in [0.1, 0.15) is 73.6 Å². The van der Waals surface area contributed by atoms with Crippen LogP contribution in [0, 0.1) is 28.9 Å². The summed E-state index contributed by atoms with van der Waals surface area (Å²) in [5.41, 5.74) is 0.305. The third-order valence-corrected chi connectivity index (χ3v) is 6.15. The van der Waals surface area contributed by atoms with Gasteiger partial charge in [0.05, 0.1) is 12.2 Å². The van der Waals surface area contributed by atoms with Gasteiger partial charge >= 0.3 is 6.11 Å². The third-order valence-electron chi connectivity index (χ3n) is 6.15. The number of alkyl halides is 2. The molecule has 2 aromatic rings. The van der Waals surface area contributed by atoms with Gasteiger partial charge in [0.1, 0.15) is 23.3 Å². The van der Waals surface area contributed by atoms with E-state index in [1.54, 1.807) is 12.1 Å². The summed E-state index contributed by atoms with van der Waals surface area (Å²) in [6.45, 7) is 1.79. The molecule has 0 aliphatic heterocycles. The van der Waals surface area contributed by atoms with E-state index in [0.717, 1.165) is 36.5 Å². The molecule has 1 saturated carbocycles. The number of hydrogen-bond acceptors (Lipinski definition) is 2. The van der Waals surface area contributed by atoms with Crippen molar-refractivity contribution in [2.24, 2.45) is 5.92 Å². The second kappa shape index (κ2) is 10.3. The zero-order chi connectivity index (χ0) is 22.4. The van der Waals surface area contributed by atoms with E-state index in [1.165, 1.54) is 43.9 Å². The largest absolute Gasteiger partial charge is 0.383 e. The monoisotopic (exact) mass is 433 g/mol. The van der Waals surface area contributed by atoms with Crippen molar-refractivity contribution in [1.29, 1.82) is 5.26 Å². The third kappa shape index (κ3) is 5.86. The normalized spacial score (nSPS) is 19.2. The second-order valence-electron chi connectivity index (χ2n) is 8.29. The lowest BCUT2D eigenvalue weighted by atomic mass is 9.77. The Hall–Kier alpha value is -2.39. The molecule has 0 spiro atoms. The lowest BCUT2D eigenvalue weighted by Crippen LogP contribution is -2.20. The Bertz CT molecular complexity index is 889. The number of nitrogens with zero attached hydrogens (tertiary/aromatic N) is 1. The highest BCUT2D eigenvalue weighted by Gasteiger charge is 2.33. The maximum atomic E-state index is 14.4. The maximum absolute atomic E-state index is 14.4. The van der Waals surface area contributed by atoms with Gasteiger partial charge < -0.3 is 4.74 Å². The molecule has 0 bridgehead atoms. The minimum absolute atomic E-state index is 0.103. The number of nitriles is 1. The zero-order valence-corrected chi connectivity index (χ0v) is 17.6. The highest BCUT2D eigenvalue weighted by atomic mass is 19.3. The first-order chi connectivity index (χ1) is 14.8. The first kappa shape index (κ1) is 23.3. The molecule has 1 aliphatic rings. The van der Waals surface area contributed by atoms with Gasteiger partial charge in [-0.1, -0.05) is 44.0 Å². The van der Waals surface area contributed by atoms with Crippen LogP contribution in [0.4, 0.5) is 17.6 Å². The molecule has 0 saturated heterocycles. The fourth-order valence-electron chi connectivity index (χ4n) is 4.40. The molecule has 0 amide bonds. The first-order valence-electron chi connectivity index (χ1n) is 10.8. The molecular formula is C25H27F4NO. The molecule has 0 radical (unpaired) electrons. The summed E-state index contributed by atoms with van der Waals surface area (Å²) in [6, 6.07) is 9.66. The molecule has 6 heteroatoms. The van der Waals surface area contributed by atoms with Crippen LogP contribution in [-0.2, 0) is 17.3 Å². The fourth-order valence-corrected chi connectivity index (χ4v) is 4.40. The number of halogens is 4. The standard InChI is InChI=1S/C25H27F4NO/c1-2-3-17-4-6-19(7-5-17)20-8-10-21(11-9-20)25(28,29)31-13-12-18-14-23(26)22(16-30)24(27)15-18/h8-11,14-15,17,19H,2-7,12-13H2,1H3/t17-,19-. The summed E-state index contributed by atoms with van der Waals surface area (Å²) >= 11 is 0. The zero-order valence-electron chi connectivity index (χ0n) is 17.6. The smallest absolute Gasteiger partial charge is 0.316 e. The van der Waals surface area contributed by atoms with E-state index in [4.69, 9.17) is 10.00 Å². The van der Waals surface area contributed by atoms with E-state index < -0.39 is 29.9 Å². The molecular weight excluding hydrogens is 406 g/mol. The summed E-state index contributed by atoms with van der Waals surface area (Å²) in [7, 11) is 0. The summed E-state index contributed by atoms with van der Waals surface area (Å²) in [5.74, 6) is -0.818. The molecule has 0 heterocycles. The summed E-state index contributed by atoms with van der Waals surface area (Å²) < 4.78 is 60.9. The van der Waals surface area contributed by atoms with Crippen LogP contribution in [0.25, 0.3) is 0 Å². The van der Waals surface area contributed by atoms with Gasteiger partial charge in [-0.25, -0.2) is 8.78 Å². The Balaban J connectivity index is 1.55. The molecule has 1 fully saturated rings. The minimum Gasteiger partial charge on any atom is -0.316 e. The van der Waals surface area contributed by atoms with Crippen molar-refractivity contribution >= 4 is 0 Å². The number of hydrogen-bond donors (Lipinski definition) is 0. The van der Waals surface area contributed by atoms with Crippen molar-refractivity contribution in [3.8, 4) is 6.07 Å². The van der Waals surface area contributed by atoms with Crippen LogP contribution in [0.5, 0.6) is 0 Å². The first-order valence-corrected chi connectivity index (χ1v) is 10.8. The van der Waals surface area contributed by atoms with Gasteiger partial charge in [0.15, 0.2) is 0 Å². The Kier molecular flexibility index (Phi) is 7.72. The predicted octanol–water partition coefficient (Wildman–Crippen LogP) is 7.22. The lowest BCUT2D eigenvalue weighted by Gasteiger charge is -2.29. The Labute approximate surface area is 180 Å². The molecule has 0 N–H and O–H groups in total. The minimum atomic E-state index is -3.50. The van der Waals surface area contributed by atoms with E-state index in [9.17, 15) is 17.6 Å². The van der Waals surface area contributed by atoms with E-state index in [-0.39, 0.29) is 17.5 Å². The summed E-state index contributed by atoms with van der Waals surface area (Å²) in [4.78, 5) is 0. The Morgan fingerprint density at radius 2 is 1.65 bits per heavy atom.